The number of carbonyl (C=O) groups excluding carboxylic acids is 2. The van der Waals surface area contributed by atoms with Crippen LogP contribution in [0.5, 0.6) is 0 Å². The molecule has 0 saturated carbocycles. The summed E-state index contributed by atoms with van der Waals surface area (Å²) in [4.78, 5) is 32.3. The monoisotopic (exact) mass is 413 g/mol. The van der Waals surface area contributed by atoms with E-state index in [-0.39, 0.29) is 18.4 Å². The van der Waals surface area contributed by atoms with Crippen molar-refractivity contribution in [1.29, 1.82) is 0 Å². The Hall–Kier alpha value is -3.00. The summed E-state index contributed by atoms with van der Waals surface area (Å²) in [6, 6.07) is 8.91. The van der Waals surface area contributed by atoms with Crippen LogP contribution in [0.1, 0.15) is 15.9 Å². The van der Waals surface area contributed by atoms with E-state index in [1.54, 1.807) is 41.5 Å². The van der Waals surface area contributed by atoms with Crippen molar-refractivity contribution in [3.63, 3.8) is 0 Å². The van der Waals surface area contributed by atoms with Crippen LogP contribution in [0.3, 0.4) is 0 Å². The van der Waals surface area contributed by atoms with Crippen LogP contribution in [0.4, 0.5) is 5.69 Å². The molecule has 1 aromatic carbocycles. The second kappa shape index (κ2) is 7.92. The van der Waals surface area contributed by atoms with E-state index in [4.69, 9.17) is 0 Å². The highest BCUT2D eigenvalue weighted by molar-refractivity contribution is 9.10. The molecule has 2 aromatic heterocycles. The van der Waals surface area contributed by atoms with Gasteiger partial charge in [0.2, 0.25) is 5.91 Å². The van der Waals surface area contributed by atoms with E-state index in [1.807, 2.05) is 19.1 Å². The molecule has 0 aliphatic heterocycles. The quantitative estimate of drug-likeness (QED) is 0.672. The van der Waals surface area contributed by atoms with E-state index in [0.29, 0.717) is 17.1 Å². The number of benzene rings is 1. The molecule has 8 heteroatoms. The summed E-state index contributed by atoms with van der Waals surface area (Å²) in [5.74, 6) is -0.00775. The average Bonchev–Trinajstić information content (AvgIpc) is 3.17. The lowest BCUT2D eigenvalue weighted by molar-refractivity contribution is -0.115. The first kappa shape index (κ1) is 17.8. The second-order valence-corrected chi connectivity index (χ2v) is 6.48. The molecule has 0 spiro atoms. The van der Waals surface area contributed by atoms with Crippen LogP contribution in [-0.2, 0) is 4.79 Å². The number of anilines is 1. The molecule has 0 bridgehead atoms. The number of carbonyl (C=O) groups is 2. The molecule has 0 fully saturated rings. The number of nitrogens with zero attached hydrogens (tertiary/aromatic N) is 3. The summed E-state index contributed by atoms with van der Waals surface area (Å²) in [6.45, 7) is 1.77. The highest BCUT2D eigenvalue weighted by atomic mass is 79.9. The molecule has 26 heavy (non-hydrogen) atoms. The number of aryl methyl sites for hydroxylation is 1. The Balaban J connectivity index is 1.55. The largest absolute Gasteiger partial charge is 0.343 e. The summed E-state index contributed by atoms with van der Waals surface area (Å²) in [5, 5.41) is 5.36. The lowest BCUT2D eigenvalue weighted by Crippen LogP contribution is -2.33. The Morgan fingerprint density at radius 2 is 2.08 bits per heavy atom. The van der Waals surface area contributed by atoms with Crippen molar-refractivity contribution < 1.29 is 9.59 Å². The molecule has 3 aromatic rings. The number of pyridine rings is 1. The average molecular weight is 414 g/mol. The fourth-order valence-corrected chi connectivity index (χ4v) is 2.77. The lowest BCUT2D eigenvalue weighted by atomic mass is 10.2. The van der Waals surface area contributed by atoms with E-state index in [1.165, 1.54) is 6.20 Å². The standard InChI is InChI=1S/C18H16BrN5O2/c1-12-8-14(19)3-4-15(12)23-17(25)10-22-18(26)13-2-5-16(21-9-13)24-7-6-20-11-24/h2-9,11H,10H2,1H3,(H,22,26)(H,23,25). The SMILES string of the molecule is Cc1cc(Br)ccc1NC(=O)CNC(=O)c1ccc(-n2ccnc2)nc1. The first-order chi connectivity index (χ1) is 12.5. The van der Waals surface area contributed by atoms with Gasteiger partial charge in [0, 0.05) is 28.8 Å². The predicted molar refractivity (Wildman–Crippen MR) is 101 cm³/mol. The number of rotatable bonds is 5. The minimum Gasteiger partial charge on any atom is -0.343 e. The van der Waals surface area contributed by atoms with Gasteiger partial charge in [0.15, 0.2) is 0 Å². The maximum Gasteiger partial charge on any atom is 0.253 e. The van der Waals surface area contributed by atoms with Gasteiger partial charge in [-0.05, 0) is 42.8 Å². The van der Waals surface area contributed by atoms with Crippen molar-refractivity contribution in [2.45, 2.75) is 6.92 Å². The van der Waals surface area contributed by atoms with Crippen LogP contribution in [0.2, 0.25) is 0 Å². The van der Waals surface area contributed by atoms with Crippen LogP contribution < -0.4 is 10.6 Å². The minimum atomic E-state index is -0.364. The zero-order chi connectivity index (χ0) is 18.5. The first-order valence-electron chi connectivity index (χ1n) is 7.81. The van der Waals surface area contributed by atoms with Gasteiger partial charge in [-0.25, -0.2) is 9.97 Å². The van der Waals surface area contributed by atoms with Crippen molar-refractivity contribution in [3.05, 3.63) is 70.8 Å². The number of aromatic nitrogens is 3. The summed E-state index contributed by atoms with van der Waals surface area (Å²) < 4.78 is 2.67. The van der Waals surface area contributed by atoms with Crippen LogP contribution >= 0.6 is 15.9 Å². The molecule has 0 aliphatic rings. The molecular weight excluding hydrogens is 398 g/mol. The van der Waals surface area contributed by atoms with Crippen molar-refractivity contribution in [3.8, 4) is 5.82 Å². The molecule has 0 aliphatic carbocycles. The molecule has 2 heterocycles. The fraction of sp³-hybridized carbons (Fsp3) is 0.111. The van der Waals surface area contributed by atoms with Crippen molar-refractivity contribution >= 4 is 33.4 Å². The van der Waals surface area contributed by atoms with Gasteiger partial charge in [-0.1, -0.05) is 15.9 Å². The number of hydrogen-bond donors (Lipinski definition) is 2. The van der Waals surface area contributed by atoms with Gasteiger partial charge < -0.3 is 10.6 Å². The molecule has 2 amide bonds. The minimum absolute atomic E-state index is 0.127. The van der Waals surface area contributed by atoms with Crippen LogP contribution in [0.25, 0.3) is 5.82 Å². The Kier molecular flexibility index (Phi) is 5.43. The van der Waals surface area contributed by atoms with Gasteiger partial charge in [-0.15, -0.1) is 0 Å². The van der Waals surface area contributed by atoms with Gasteiger partial charge in [0.05, 0.1) is 12.1 Å². The zero-order valence-electron chi connectivity index (χ0n) is 13.9. The molecule has 0 radical (unpaired) electrons. The highest BCUT2D eigenvalue weighted by Gasteiger charge is 2.10. The van der Waals surface area contributed by atoms with E-state index in [0.717, 1.165) is 10.0 Å². The Morgan fingerprint density at radius 1 is 1.23 bits per heavy atom. The zero-order valence-corrected chi connectivity index (χ0v) is 15.5. The molecule has 0 unspecified atom stereocenters. The summed E-state index contributed by atoms with van der Waals surface area (Å²) in [6.07, 6.45) is 6.49. The van der Waals surface area contributed by atoms with Crippen LogP contribution in [0.15, 0.2) is 59.7 Å². The molecule has 0 atom stereocenters. The number of imidazole rings is 1. The van der Waals surface area contributed by atoms with Crippen molar-refractivity contribution in [2.75, 3.05) is 11.9 Å². The van der Waals surface area contributed by atoms with Crippen LogP contribution in [-0.4, -0.2) is 32.9 Å². The number of hydrogen-bond acceptors (Lipinski definition) is 4. The highest BCUT2D eigenvalue weighted by Crippen LogP contribution is 2.19. The lowest BCUT2D eigenvalue weighted by Gasteiger charge is -2.10. The molecule has 2 N–H and O–H groups in total. The third-order valence-electron chi connectivity index (χ3n) is 3.65. The maximum absolute atomic E-state index is 12.2. The van der Waals surface area contributed by atoms with E-state index >= 15 is 0 Å². The van der Waals surface area contributed by atoms with Crippen molar-refractivity contribution in [2.24, 2.45) is 0 Å². The Morgan fingerprint density at radius 3 is 2.73 bits per heavy atom. The van der Waals surface area contributed by atoms with Gasteiger partial charge in [-0.2, -0.15) is 0 Å². The fourth-order valence-electron chi connectivity index (χ4n) is 2.29. The van der Waals surface area contributed by atoms with Crippen molar-refractivity contribution in [1.82, 2.24) is 19.9 Å². The smallest absolute Gasteiger partial charge is 0.253 e. The number of halogens is 1. The Bertz CT molecular complexity index is 923. The summed E-state index contributed by atoms with van der Waals surface area (Å²) in [5.41, 5.74) is 2.01. The third kappa shape index (κ3) is 4.34. The molecule has 7 nitrogen and oxygen atoms in total. The van der Waals surface area contributed by atoms with E-state index in [2.05, 4.69) is 36.5 Å². The van der Waals surface area contributed by atoms with Gasteiger partial charge in [0.1, 0.15) is 12.1 Å². The first-order valence-corrected chi connectivity index (χ1v) is 8.61. The summed E-state index contributed by atoms with van der Waals surface area (Å²) >= 11 is 3.38. The van der Waals surface area contributed by atoms with Gasteiger partial charge in [0.25, 0.3) is 5.91 Å². The Labute approximate surface area is 158 Å². The molecule has 3 rings (SSSR count). The van der Waals surface area contributed by atoms with Gasteiger partial charge in [-0.3, -0.25) is 14.2 Å². The second-order valence-electron chi connectivity index (χ2n) is 5.57. The number of amides is 2. The molecule has 0 saturated heterocycles. The maximum atomic E-state index is 12.2. The number of nitrogens with one attached hydrogen (secondary N) is 2. The normalized spacial score (nSPS) is 10.4. The molecule has 132 valence electrons. The third-order valence-corrected chi connectivity index (χ3v) is 4.14. The van der Waals surface area contributed by atoms with Crippen LogP contribution in [0, 0.1) is 6.92 Å². The predicted octanol–water partition coefficient (Wildman–Crippen LogP) is 2.71. The van der Waals surface area contributed by atoms with E-state index in [9.17, 15) is 9.59 Å². The van der Waals surface area contributed by atoms with Gasteiger partial charge >= 0.3 is 0 Å². The summed E-state index contributed by atoms with van der Waals surface area (Å²) in [7, 11) is 0. The topological polar surface area (TPSA) is 88.9 Å². The molecular formula is C18H16BrN5O2. The van der Waals surface area contributed by atoms with E-state index < -0.39 is 0 Å².